The summed E-state index contributed by atoms with van der Waals surface area (Å²) in [6.07, 6.45) is 26.5. The van der Waals surface area contributed by atoms with Crippen LogP contribution in [0.2, 0.25) is 0 Å². The van der Waals surface area contributed by atoms with Gasteiger partial charge in [0.1, 0.15) is 48.8 Å². The molecule has 14 heteroatoms. The first-order valence-electron chi connectivity index (χ1n) is 26.6. The van der Waals surface area contributed by atoms with Gasteiger partial charge in [-0.25, -0.2) is 0 Å². The quantitative estimate of drug-likeness (QED) is 0.0216. The molecule has 0 saturated carbocycles. The molecular weight excluding hydrogens is 847 g/mol. The molecule has 0 aromatic rings. The monoisotopic (exact) mass is 944 g/mol. The van der Waals surface area contributed by atoms with Gasteiger partial charge in [0.25, 0.3) is 0 Å². The Balaban J connectivity index is 1.80. The van der Waals surface area contributed by atoms with Crippen LogP contribution in [0.5, 0.6) is 0 Å². The van der Waals surface area contributed by atoms with E-state index in [4.69, 9.17) is 18.9 Å². The summed E-state index contributed by atoms with van der Waals surface area (Å²) >= 11 is 0. The minimum atomic E-state index is -1.79. The number of hydrogen-bond donors (Lipinski definition) is 9. The van der Waals surface area contributed by atoms with E-state index in [-0.39, 0.29) is 18.9 Å². The maximum absolute atomic E-state index is 13.2. The average Bonchev–Trinajstić information content (AvgIpc) is 3.31. The third-order valence-corrected chi connectivity index (χ3v) is 13.1. The number of amides is 1. The fourth-order valence-corrected chi connectivity index (χ4v) is 8.78. The highest BCUT2D eigenvalue weighted by molar-refractivity contribution is 5.76. The van der Waals surface area contributed by atoms with E-state index in [0.717, 1.165) is 32.1 Å². The maximum Gasteiger partial charge on any atom is 0.220 e. The van der Waals surface area contributed by atoms with Gasteiger partial charge in [-0.2, -0.15) is 0 Å². The predicted molar refractivity (Wildman–Crippen MR) is 258 cm³/mol. The van der Waals surface area contributed by atoms with Gasteiger partial charge < -0.3 is 65.1 Å². The van der Waals surface area contributed by atoms with Crippen molar-refractivity contribution in [1.82, 2.24) is 5.32 Å². The molecule has 12 atom stereocenters. The standard InChI is InChI=1S/C52H97NO13/c1-3-5-7-9-11-13-15-17-18-19-20-21-22-23-24-26-28-30-32-34-36-44(57)53-40(41(56)35-33-31-29-27-25-16-14-12-10-8-6-4-2)39-63-51-49(62)47(60)50(43(38-55)65-51)66-52-48(61)46(59)45(58)42(37-54)64-52/h25,27,33,35,40-43,45-52,54-56,58-62H,3-24,26,28-32,34,36-39H2,1-2H3,(H,53,57)/b27-25+,35-33+. The highest BCUT2D eigenvalue weighted by Crippen LogP contribution is 2.30. The molecule has 2 heterocycles. The summed E-state index contributed by atoms with van der Waals surface area (Å²) < 4.78 is 22.7. The van der Waals surface area contributed by atoms with Crippen LogP contribution in [0.25, 0.3) is 0 Å². The van der Waals surface area contributed by atoms with Crippen LogP contribution in [0.4, 0.5) is 0 Å². The molecule has 1 amide bonds. The number of aliphatic hydroxyl groups excluding tert-OH is 8. The zero-order valence-corrected chi connectivity index (χ0v) is 41.2. The Morgan fingerprint density at radius 3 is 1.48 bits per heavy atom. The van der Waals surface area contributed by atoms with Gasteiger partial charge in [0.15, 0.2) is 12.6 Å². The Morgan fingerprint density at radius 1 is 0.530 bits per heavy atom. The van der Waals surface area contributed by atoms with Gasteiger partial charge in [0.05, 0.1) is 32.0 Å². The number of unbranched alkanes of at least 4 members (excludes halogenated alkanes) is 26. The Hall–Kier alpha value is -1.53. The lowest BCUT2D eigenvalue weighted by atomic mass is 9.97. The molecule has 2 saturated heterocycles. The number of carbonyl (C=O) groups is 1. The van der Waals surface area contributed by atoms with Crippen molar-refractivity contribution in [3.63, 3.8) is 0 Å². The Bertz CT molecular complexity index is 1210. The zero-order chi connectivity index (χ0) is 48.2. The summed E-state index contributed by atoms with van der Waals surface area (Å²) in [7, 11) is 0. The Labute approximate surface area is 398 Å². The molecule has 9 N–H and O–H groups in total. The highest BCUT2D eigenvalue weighted by atomic mass is 16.7. The third kappa shape index (κ3) is 25.9. The molecule has 2 aliphatic rings. The summed E-state index contributed by atoms with van der Waals surface area (Å²) in [4.78, 5) is 13.2. The Kier molecular flexibility index (Phi) is 36.0. The van der Waals surface area contributed by atoms with E-state index in [1.807, 2.05) is 6.08 Å². The van der Waals surface area contributed by atoms with Crippen LogP contribution in [0, 0.1) is 0 Å². The predicted octanol–water partition coefficient (Wildman–Crippen LogP) is 7.33. The maximum atomic E-state index is 13.2. The first-order valence-corrected chi connectivity index (χ1v) is 26.6. The van der Waals surface area contributed by atoms with Crippen molar-refractivity contribution in [2.75, 3.05) is 19.8 Å². The SMILES string of the molecule is CCCCCCCC/C=C/CC/C=C/C(O)C(COC1OC(CO)C(OC2OC(CO)C(O)C(O)C2O)C(O)C1O)NC(=O)CCCCCCCCCCCCCCCCCCCCCC. The van der Waals surface area contributed by atoms with Crippen molar-refractivity contribution in [3.05, 3.63) is 24.3 Å². The third-order valence-electron chi connectivity index (χ3n) is 13.1. The van der Waals surface area contributed by atoms with Crippen LogP contribution in [-0.2, 0) is 23.7 Å². The number of hydrogen-bond acceptors (Lipinski definition) is 13. The zero-order valence-electron chi connectivity index (χ0n) is 41.2. The van der Waals surface area contributed by atoms with Gasteiger partial charge in [-0.15, -0.1) is 0 Å². The molecule has 12 unspecified atom stereocenters. The molecular formula is C52H97NO13. The van der Waals surface area contributed by atoms with Crippen molar-refractivity contribution in [3.8, 4) is 0 Å². The average molecular weight is 944 g/mol. The topological polar surface area (TPSA) is 228 Å². The molecule has 2 fully saturated rings. The fourth-order valence-electron chi connectivity index (χ4n) is 8.78. The minimum absolute atomic E-state index is 0.248. The Morgan fingerprint density at radius 2 is 0.970 bits per heavy atom. The summed E-state index contributed by atoms with van der Waals surface area (Å²) in [6, 6.07) is -0.925. The minimum Gasteiger partial charge on any atom is -0.394 e. The molecule has 388 valence electrons. The molecule has 0 spiro atoms. The number of ether oxygens (including phenoxy) is 4. The van der Waals surface area contributed by atoms with Crippen molar-refractivity contribution < 1.29 is 64.6 Å². The second-order valence-electron chi connectivity index (χ2n) is 19.0. The normalized spacial score (nSPS) is 26.9. The van der Waals surface area contributed by atoms with Crippen LogP contribution in [0.3, 0.4) is 0 Å². The lowest BCUT2D eigenvalue weighted by Crippen LogP contribution is -2.65. The molecule has 2 rings (SSSR count). The van der Waals surface area contributed by atoms with E-state index < -0.39 is 86.8 Å². The van der Waals surface area contributed by atoms with E-state index in [0.29, 0.717) is 12.8 Å². The lowest BCUT2D eigenvalue weighted by Gasteiger charge is -2.46. The van der Waals surface area contributed by atoms with Crippen molar-refractivity contribution >= 4 is 5.91 Å². The number of allylic oxidation sites excluding steroid dienone is 3. The van der Waals surface area contributed by atoms with Gasteiger partial charge >= 0.3 is 0 Å². The van der Waals surface area contributed by atoms with Crippen LogP contribution in [0.15, 0.2) is 24.3 Å². The number of carbonyl (C=O) groups excluding carboxylic acids is 1. The first kappa shape index (κ1) is 60.6. The van der Waals surface area contributed by atoms with E-state index in [1.54, 1.807) is 6.08 Å². The van der Waals surface area contributed by atoms with E-state index in [9.17, 15) is 45.6 Å². The van der Waals surface area contributed by atoms with Crippen molar-refractivity contribution in [1.29, 1.82) is 0 Å². The first-order chi connectivity index (χ1) is 32.1. The highest BCUT2D eigenvalue weighted by Gasteiger charge is 2.51. The fraction of sp³-hybridized carbons (Fsp3) is 0.904. The van der Waals surface area contributed by atoms with Gasteiger partial charge in [-0.05, 0) is 32.1 Å². The number of nitrogens with one attached hydrogen (secondary N) is 1. The molecule has 0 radical (unpaired) electrons. The molecule has 0 aromatic carbocycles. The van der Waals surface area contributed by atoms with Gasteiger partial charge in [-0.1, -0.05) is 192 Å². The van der Waals surface area contributed by atoms with Gasteiger partial charge in [-0.3, -0.25) is 4.79 Å². The van der Waals surface area contributed by atoms with Crippen LogP contribution in [0.1, 0.15) is 206 Å². The molecule has 2 aliphatic heterocycles. The van der Waals surface area contributed by atoms with E-state index >= 15 is 0 Å². The van der Waals surface area contributed by atoms with Crippen LogP contribution in [-0.4, -0.2) is 140 Å². The molecule has 0 aliphatic carbocycles. The van der Waals surface area contributed by atoms with Crippen LogP contribution < -0.4 is 5.32 Å². The lowest BCUT2D eigenvalue weighted by molar-refractivity contribution is -0.359. The molecule has 14 nitrogen and oxygen atoms in total. The van der Waals surface area contributed by atoms with Crippen molar-refractivity contribution in [2.45, 2.75) is 280 Å². The summed E-state index contributed by atoms with van der Waals surface area (Å²) in [5.74, 6) is -0.248. The van der Waals surface area contributed by atoms with Gasteiger partial charge in [0, 0.05) is 6.42 Å². The summed E-state index contributed by atoms with van der Waals surface area (Å²) in [5.41, 5.74) is 0. The number of rotatable bonds is 41. The van der Waals surface area contributed by atoms with E-state index in [1.165, 1.54) is 141 Å². The molecule has 66 heavy (non-hydrogen) atoms. The van der Waals surface area contributed by atoms with E-state index in [2.05, 4.69) is 31.3 Å². The van der Waals surface area contributed by atoms with Crippen LogP contribution >= 0.6 is 0 Å². The summed E-state index contributed by atoms with van der Waals surface area (Å²) in [5, 5.41) is 86.7. The second-order valence-corrected chi connectivity index (χ2v) is 19.0. The summed E-state index contributed by atoms with van der Waals surface area (Å²) in [6.45, 7) is 2.76. The van der Waals surface area contributed by atoms with Crippen molar-refractivity contribution in [2.24, 2.45) is 0 Å². The largest absolute Gasteiger partial charge is 0.394 e. The smallest absolute Gasteiger partial charge is 0.220 e. The number of aliphatic hydroxyl groups is 8. The molecule has 0 aromatic heterocycles. The second kappa shape index (κ2) is 39.2. The van der Waals surface area contributed by atoms with Gasteiger partial charge in [0.2, 0.25) is 5.91 Å². The molecule has 0 bridgehead atoms.